The van der Waals surface area contributed by atoms with E-state index in [4.69, 9.17) is 4.74 Å². The van der Waals surface area contributed by atoms with E-state index in [2.05, 4.69) is 42.6 Å². The Kier molecular flexibility index (Phi) is 7.69. The second-order valence-electron chi connectivity index (χ2n) is 7.07. The van der Waals surface area contributed by atoms with Gasteiger partial charge in [0.2, 0.25) is 5.91 Å². The molecule has 2 aromatic carbocycles. The van der Waals surface area contributed by atoms with Gasteiger partial charge in [-0.25, -0.2) is 0 Å². The average molecular weight is 389 g/mol. The summed E-state index contributed by atoms with van der Waals surface area (Å²) in [5.41, 5.74) is 2.47. The van der Waals surface area contributed by atoms with E-state index >= 15 is 0 Å². The van der Waals surface area contributed by atoms with Crippen LogP contribution < -0.4 is 10.1 Å². The Hall–Kier alpha value is -2.04. The zero-order valence-corrected chi connectivity index (χ0v) is 17.0. The fourth-order valence-corrected chi connectivity index (χ4v) is 3.88. The Morgan fingerprint density at radius 1 is 1.15 bits per heavy atom. The van der Waals surface area contributed by atoms with Crippen LogP contribution in [0.25, 0.3) is 0 Å². The minimum atomic E-state index is 0. The maximum Gasteiger partial charge on any atom is 0.219 e. The van der Waals surface area contributed by atoms with Crippen LogP contribution in [-0.4, -0.2) is 37.6 Å². The minimum Gasteiger partial charge on any atom is -0.496 e. The number of methoxy groups -OCH3 is 1. The van der Waals surface area contributed by atoms with Gasteiger partial charge in [0.25, 0.3) is 0 Å². The average Bonchev–Trinajstić information content (AvgIpc) is 3.11. The molecule has 1 N–H and O–H groups in total. The summed E-state index contributed by atoms with van der Waals surface area (Å²) in [6.07, 6.45) is 0. The summed E-state index contributed by atoms with van der Waals surface area (Å²) in [7, 11) is 1.71. The normalized spacial score (nSPS) is 20.0. The smallest absolute Gasteiger partial charge is 0.219 e. The van der Waals surface area contributed by atoms with E-state index in [0.717, 1.165) is 30.9 Å². The molecular weight excluding hydrogens is 360 g/mol. The van der Waals surface area contributed by atoms with Crippen molar-refractivity contribution in [1.82, 2.24) is 10.2 Å². The van der Waals surface area contributed by atoms with Crippen molar-refractivity contribution in [2.24, 2.45) is 5.92 Å². The number of nitrogens with one attached hydrogen (secondary N) is 1. The molecule has 3 rings (SSSR count). The zero-order chi connectivity index (χ0) is 18.5. The van der Waals surface area contributed by atoms with Crippen LogP contribution in [0.1, 0.15) is 36.9 Å². The summed E-state index contributed by atoms with van der Waals surface area (Å²) in [5, 5.41) is 3.66. The van der Waals surface area contributed by atoms with Crippen LogP contribution in [-0.2, 0) is 4.79 Å². The Morgan fingerprint density at radius 3 is 2.48 bits per heavy atom. The van der Waals surface area contributed by atoms with Gasteiger partial charge in [0.05, 0.1) is 7.11 Å². The summed E-state index contributed by atoms with van der Waals surface area (Å²) < 4.78 is 5.48. The molecule has 1 saturated heterocycles. The maximum absolute atomic E-state index is 11.9. The van der Waals surface area contributed by atoms with Gasteiger partial charge in [-0.15, -0.1) is 12.4 Å². The van der Waals surface area contributed by atoms with Crippen molar-refractivity contribution >= 4 is 18.3 Å². The lowest BCUT2D eigenvalue weighted by molar-refractivity contribution is -0.127. The van der Waals surface area contributed by atoms with Gasteiger partial charge in [0.15, 0.2) is 0 Å². The standard InChI is InChI=1S/C22H28N2O2.ClH/c1-16(20-11-7-8-12-22(20)26-3)23-13-19-14-24(17(2)25)15-21(19)18-9-5-4-6-10-18;/h4-12,16,19,21,23H,13-15H2,1-3H3;1H/t16-,19?,21?;/m1./s1. The third-order valence-corrected chi connectivity index (χ3v) is 5.41. The quantitative estimate of drug-likeness (QED) is 0.812. The largest absolute Gasteiger partial charge is 0.496 e. The lowest BCUT2D eigenvalue weighted by Gasteiger charge is -2.23. The Bertz CT molecular complexity index is 738. The van der Waals surface area contributed by atoms with Gasteiger partial charge < -0.3 is 15.0 Å². The molecule has 0 radical (unpaired) electrons. The first-order chi connectivity index (χ1) is 12.6. The van der Waals surface area contributed by atoms with Gasteiger partial charge in [-0.3, -0.25) is 4.79 Å². The molecule has 0 bridgehead atoms. The van der Waals surface area contributed by atoms with Crippen LogP contribution in [0.4, 0.5) is 0 Å². The molecule has 2 unspecified atom stereocenters. The summed E-state index contributed by atoms with van der Waals surface area (Å²) in [5.74, 6) is 1.84. The number of halogens is 1. The van der Waals surface area contributed by atoms with Gasteiger partial charge in [-0.2, -0.15) is 0 Å². The van der Waals surface area contributed by atoms with E-state index in [9.17, 15) is 4.79 Å². The lowest BCUT2D eigenvalue weighted by atomic mass is 9.88. The summed E-state index contributed by atoms with van der Waals surface area (Å²) in [6, 6.07) is 18.8. The van der Waals surface area contributed by atoms with E-state index in [1.807, 2.05) is 29.2 Å². The molecule has 1 fully saturated rings. The number of amides is 1. The Balaban J connectivity index is 0.00000261. The molecule has 0 saturated carbocycles. The highest BCUT2D eigenvalue weighted by atomic mass is 35.5. The molecule has 27 heavy (non-hydrogen) atoms. The highest BCUT2D eigenvalue weighted by Crippen LogP contribution is 2.33. The number of ether oxygens (including phenoxy) is 1. The first-order valence-electron chi connectivity index (χ1n) is 9.27. The summed E-state index contributed by atoms with van der Waals surface area (Å²) >= 11 is 0. The molecule has 0 aromatic heterocycles. The van der Waals surface area contributed by atoms with Crippen molar-refractivity contribution in [3.05, 3.63) is 65.7 Å². The van der Waals surface area contributed by atoms with Crippen LogP contribution in [0.15, 0.2) is 54.6 Å². The van der Waals surface area contributed by atoms with E-state index in [0.29, 0.717) is 11.8 Å². The number of carbonyl (C=O) groups excluding carboxylic acids is 1. The predicted molar refractivity (Wildman–Crippen MR) is 112 cm³/mol. The number of para-hydroxylation sites is 1. The predicted octanol–water partition coefficient (Wildman–Crippen LogP) is 4.03. The fourth-order valence-electron chi connectivity index (χ4n) is 3.88. The number of nitrogens with zero attached hydrogens (tertiary/aromatic N) is 1. The van der Waals surface area contributed by atoms with Gasteiger partial charge in [0, 0.05) is 44.1 Å². The molecule has 3 atom stereocenters. The molecule has 0 spiro atoms. The molecule has 1 heterocycles. The van der Waals surface area contributed by atoms with Crippen molar-refractivity contribution in [3.8, 4) is 5.75 Å². The van der Waals surface area contributed by atoms with Gasteiger partial charge in [-0.1, -0.05) is 48.5 Å². The summed E-state index contributed by atoms with van der Waals surface area (Å²) in [6.45, 7) is 6.29. The van der Waals surface area contributed by atoms with Crippen molar-refractivity contribution in [2.75, 3.05) is 26.7 Å². The highest BCUT2D eigenvalue weighted by Gasteiger charge is 2.34. The number of likely N-dealkylation sites (tertiary alicyclic amines) is 1. The maximum atomic E-state index is 11.9. The minimum absolute atomic E-state index is 0. The fraction of sp³-hybridized carbons (Fsp3) is 0.409. The first-order valence-corrected chi connectivity index (χ1v) is 9.27. The molecule has 4 nitrogen and oxygen atoms in total. The van der Waals surface area contributed by atoms with Crippen molar-refractivity contribution in [3.63, 3.8) is 0 Å². The van der Waals surface area contributed by atoms with Crippen LogP contribution in [0.2, 0.25) is 0 Å². The third kappa shape index (κ3) is 5.02. The molecule has 5 heteroatoms. The molecular formula is C22H29ClN2O2. The van der Waals surface area contributed by atoms with Crippen LogP contribution in [0, 0.1) is 5.92 Å². The van der Waals surface area contributed by atoms with E-state index in [1.54, 1.807) is 14.0 Å². The Morgan fingerprint density at radius 2 is 1.81 bits per heavy atom. The van der Waals surface area contributed by atoms with Crippen molar-refractivity contribution in [2.45, 2.75) is 25.8 Å². The molecule has 1 aliphatic rings. The van der Waals surface area contributed by atoms with Gasteiger partial charge >= 0.3 is 0 Å². The van der Waals surface area contributed by atoms with Crippen LogP contribution in [0.5, 0.6) is 5.75 Å². The van der Waals surface area contributed by atoms with Crippen molar-refractivity contribution < 1.29 is 9.53 Å². The highest BCUT2D eigenvalue weighted by molar-refractivity contribution is 5.85. The number of hydrogen-bond donors (Lipinski definition) is 1. The number of rotatable bonds is 6. The molecule has 2 aromatic rings. The first kappa shape index (κ1) is 21.3. The summed E-state index contributed by atoms with van der Waals surface area (Å²) in [4.78, 5) is 13.9. The number of hydrogen-bond acceptors (Lipinski definition) is 3. The van der Waals surface area contributed by atoms with Crippen LogP contribution in [0.3, 0.4) is 0 Å². The monoisotopic (exact) mass is 388 g/mol. The SMILES string of the molecule is COc1ccccc1[C@@H](C)NCC1CN(C(C)=O)CC1c1ccccc1.Cl. The molecule has 146 valence electrons. The zero-order valence-electron chi connectivity index (χ0n) is 16.2. The topological polar surface area (TPSA) is 41.6 Å². The molecule has 1 amide bonds. The number of carbonyl (C=O) groups is 1. The third-order valence-electron chi connectivity index (χ3n) is 5.41. The second-order valence-corrected chi connectivity index (χ2v) is 7.07. The van der Waals surface area contributed by atoms with E-state index < -0.39 is 0 Å². The Labute approximate surface area is 168 Å². The van der Waals surface area contributed by atoms with E-state index in [1.165, 1.54) is 5.56 Å². The molecule has 0 aliphatic carbocycles. The van der Waals surface area contributed by atoms with Crippen LogP contribution >= 0.6 is 12.4 Å². The van der Waals surface area contributed by atoms with E-state index in [-0.39, 0.29) is 24.4 Å². The van der Waals surface area contributed by atoms with Gasteiger partial charge in [0.1, 0.15) is 5.75 Å². The second kappa shape index (κ2) is 9.77. The number of benzene rings is 2. The molecule has 1 aliphatic heterocycles. The lowest BCUT2D eigenvalue weighted by Crippen LogP contribution is -2.31. The van der Waals surface area contributed by atoms with Gasteiger partial charge in [-0.05, 0) is 24.5 Å². The van der Waals surface area contributed by atoms with Crippen molar-refractivity contribution in [1.29, 1.82) is 0 Å².